The summed E-state index contributed by atoms with van der Waals surface area (Å²) in [5.41, 5.74) is 1.77. The largest absolute Gasteiger partial charge is 0.281 e. The summed E-state index contributed by atoms with van der Waals surface area (Å²) in [6.07, 6.45) is 2.43. The van der Waals surface area contributed by atoms with Crippen LogP contribution in [0.5, 0.6) is 0 Å². The molecule has 18 heavy (non-hydrogen) atoms. The van der Waals surface area contributed by atoms with E-state index in [-0.39, 0.29) is 5.91 Å². The summed E-state index contributed by atoms with van der Waals surface area (Å²) in [5, 5.41) is 0. The van der Waals surface area contributed by atoms with E-state index in [1.165, 1.54) is 0 Å². The quantitative estimate of drug-likeness (QED) is 0.789. The Balaban J connectivity index is 2.38. The number of nitrogens with zero attached hydrogens (tertiary/aromatic N) is 1. The van der Waals surface area contributed by atoms with Crippen LogP contribution in [0.3, 0.4) is 0 Å². The van der Waals surface area contributed by atoms with Crippen LogP contribution in [-0.2, 0) is 4.79 Å². The van der Waals surface area contributed by atoms with E-state index in [0.717, 1.165) is 17.8 Å². The highest BCUT2D eigenvalue weighted by Crippen LogP contribution is 2.25. The van der Waals surface area contributed by atoms with Crippen molar-refractivity contribution in [3.63, 3.8) is 0 Å². The van der Waals surface area contributed by atoms with Crippen molar-refractivity contribution in [1.82, 2.24) is 0 Å². The molecule has 1 amide bonds. The van der Waals surface area contributed by atoms with Crippen LogP contribution in [0.1, 0.15) is 13.3 Å². The fraction of sp³-hybridized carbons (Fsp3) is 0.125. The van der Waals surface area contributed by atoms with Gasteiger partial charge in [0.15, 0.2) is 0 Å². The zero-order valence-corrected chi connectivity index (χ0v) is 10.4. The van der Waals surface area contributed by atoms with Gasteiger partial charge in [0.05, 0.1) is 6.42 Å². The van der Waals surface area contributed by atoms with Gasteiger partial charge >= 0.3 is 0 Å². The topological polar surface area (TPSA) is 20.3 Å². The molecule has 0 aliphatic heterocycles. The van der Waals surface area contributed by atoms with Gasteiger partial charge in [0.1, 0.15) is 0 Å². The minimum Gasteiger partial charge on any atom is -0.281 e. The van der Waals surface area contributed by atoms with Gasteiger partial charge in [-0.15, -0.1) is 0 Å². The molecule has 0 spiro atoms. The molecule has 91 valence electrons. The van der Waals surface area contributed by atoms with E-state index in [0.29, 0.717) is 0 Å². The minimum absolute atomic E-state index is 0.00917. The van der Waals surface area contributed by atoms with E-state index < -0.39 is 0 Å². The molecule has 2 heteroatoms. The Morgan fingerprint density at radius 2 is 1.39 bits per heavy atom. The van der Waals surface area contributed by atoms with Crippen LogP contribution >= 0.6 is 0 Å². The van der Waals surface area contributed by atoms with Crippen molar-refractivity contribution in [2.24, 2.45) is 0 Å². The molecule has 0 N–H and O–H groups in total. The number of hydrogen-bond acceptors (Lipinski definition) is 1. The van der Waals surface area contributed by atoms with Crippen LogP contribution < -0.4 is 4.90 Å². The lowest BCUT2D eigenvalue weighted by Crippen LogP contribution is -2.25. The summed E-state index contributed by atoms with van der Waals surface area (Å²) >= 11 is 0. The maximum atomic E-state index is 12.2. The van der Waals surface area contributed by atoms with Crippen LogP contribution in [0.15, 0.2) is 60.7 Å². The predicted molar refractivity (Wildman–Crippen MR) is 74.6 cm³/mol. The molecule has 2 aromatic rings. The summed E-state index contributed by atoms with van der Waals surface area (Å²) in [4.78, 5) is 13.9. The molecule has 0 aliphatic carbocycles. The van der Waals surface area contributed by atoms with Crippen molar-refractivity contribution >= 4 is 17.3 Å². The van der Waals surface area contributed by atoms with Crippen LogP contribution in [0.25, 0.3) is 0 Å². The third-order valence-corrected chi connectivity index (χ3v) is 2.63. The first kappa shape index (κ1) is 12.4. The van der Waals surface area contributed by atoms with Crippen molar-refractivity contribution < 1.29 is 4.79 Å². The molecule has 0 saturated heterocycles. The molecule has 0 unspecified atom stereocenters. The van der Waals surface area contributed by atoms with E-state index >= 15 is 0 Å². The molecule has 0 saturated carbocycles. The first-order valence-corrected chi connectivity index (χ1v) is 6.10. The monoisotopic (exact) mass is 238 g/mol. The second-order valence-corrected chi connectivity index (χ2v) is 3.96. The van der Waals surface area contributed by atoms with Crippen molar-refractivity contribution in [3.05, 3.63) is 67.1 Å². The molecule has 0 bridgehead atoms. The summed E-state index contributed by atoms with van der Waals surface area (Å²) in [6.45, 7) is 1.96. The van der Waals surface area contributed by atoms with Gasteiger partial charge in [-0.1, -0.05) is 43.3 Å². The zero-order chi connectivity index (χ0) is 12.8. The van der Waals surface area contributed by atoms with Crippen molar-refractivity contribution in [2.45, 2.75) is 13.3 Å². The number of anilines is 2. The molecule has 0 aliphatic rings. The summed E-state index contributed by atoms with van der Waals surface area (Å²) in [5.74, 6) is 0.00917. The van der Waals surface area contributed by atoms with Crippen LogP contribution in [-0.4, -0.2) is 5.91 Å². The smallest absolute Gasteiger partial charge is 0.235 e. The SMILES string of the molecule is CC[CH]C(=O)N(c1ccccc1)c1ccccc1. The number of carbonyl (C=O) groups excluding carboxylic acids is 1. The Bertz CT molecular complexity index is 454. The summed E-state index contributed by atoms with van der Waals surface area (Å²) in [7, 11) is 0. The van der Waals surface area contributed by atoms with E-state index in [1.54, 1.807) is 11.3 Å². The van der Waals surface area contributed by atoms with E-state index in [4.69, 9.17) is 0 Å². The van der Waals surface area contributed by atoms with Gasteiger partial charge in [0.25, 0.3) is 0 Å². The summed E-state index contributed by atoms with van der Waals surface area (Å²) < 4.78 is 0. The molecule has 0 fully saturated rings. The molecule has 0 aromatic heterocycles. The normalized spacial score (nSPS) is 10.1. The van der Waals surface area contributed by atoms with E-state index in [2.05, 4.69) is 0 Å². The molecule has 2 aromatic carbocycles. The Labute approximate surface area is 108 Å². The highest BCUT2D eigenvalue weighted by atomic mass is 16.2. The molecular weight excluding hydrogens is 222 g/mol. The van der Waals surface area contributed by atoms with Gasteiger partial charge in [0.2, 0.25) is 5.91 Å². The number of benzene rings is 2. The van der Waals surface area contributed by atoms with Gasteiger partial charge < -0.3 is 0 Å². The molecule has 1 radical (unpaired) electrons. The highest BCUT2D eigenvalue weighted by Gasteiger charge is 2.16. The van der Waals surface area contributed by atoms with Gasteiger partial charge in [-0.3, -0.25) is 9.69 Å². The van der Waals surface area contributed by atoms with Crippen molar-refractivity contribution in [2.75, 3.05) is 4.90 Å². The average molecular weight is 238 g/mol. The standard InChI is InChI=1S/C16H16NO/c1-2-9-16(18)17(14-10-5-3-6-11-14)15-12-7-4-8-13-15/h3-13H,2H2,1H3. The van der Waals surface area contributed by atoms with Crippen LogP contribution in [0.4, 0.5) is 11.4 Å². The second kappa shape index (κ2) is 6.01. The maximum Gasteiger partial charge on any atom is 0.235 e. The van der Waals surface area contributed by atoms with Gasteiger partial charge in [-0.25, -0.2) is 0 Å². The van der Waals surface area contributed by atoms with Crippen molar-refractivity contribution in [1.29, 1.82) is 0 Å². The van der Waals surface area contributed by atoms with E-state index in [1.807, 2.05) is 67.6 Å². The third kappa shape index (κ3) is 2.77. The Morgan fingerprint density at radius 1 is 0.944 bits per heavy atom. The van der Waals surface area contributed by atoms with E-state index in [9.17, 15) is 4.79 Å². The van der Waals surface area contributed by atoms with Gasteiger partial charge in [0, 0.05) is 11.4 Å². The number of rotatable bonds is 4. The first-order chi connectivity index (χ1) is 8.83. The van der Waals surface area contributed by atoms with Crippen LogP contribution in [0.2, 0.25) is 0 Å². The molecule has 2 rings (SSSR count). The maximum absolute atomic E-state index is 12.2. The third-order valence-electron chi connectivity index (χ3n) is 2.63. The van der Waals surface area contributed by atoms with Gasteiger partial charge in [-0.2, -0.15) is 0 Å². The fourth-order valence-electron chi connectivity index (χ4n) is 1.82. The fourth-order valence-corrected chi connectivity index (χ4v) is 1.82. The molecular formula is C16H16NO. The first-order valence-electron chi connectivity index (χ1n) is 6.10. The minimum atomic E-state index is 0.00917. The summed E-state index contributed by atoms with van der Waals surface area (Å²) in [6, 6.07) is 19.4. The second-order valence-electron chi connectivity index (χ2n) is 3.96. The van der Waals surface area contributed by atoms with Crippen molar-refractivity contribution in [3.8, 4) is 0 Å². The number of carbonyl (C=O) groups is 1. The Morgan fingerprint density at radius 3 is 1.78 bits per heavy atom. The molecule has 2 nitrogen and oxygen atoms in total. The predicted octanol–water partition coefficient (Wildman–Crippen LogP) is 3.97. The zero-order valence-electron chi connectivity index (χ0n) is 10.4. The lowest BCUT2D eigenvalue weighted by molar-refractivity contribution is -0.114. The highest BCUT2D eigenvalue weighted by molar-refractivity contribution is 6.05. The Hall–Kier alpha value is -2.09. The Kier molecular flexibility index (Phi) is 4.13. The lowest BCUT2D eigenvalue weighted by atomic mass is 10.2. The lowest BCUT2D eigenvalue weighted by Gasteiger charge is -2.22. The number of para-hydroxylation sites is 2. The molecule has 0 heterocycles. The van der Waals surface area contributed by atoms with Crippen LogP contribution in [0, 0.1) is 6.42 Å². The average Bonchev–Trinajstić information content (AvgIpc) is 2.42. The van der Waals surface area contributed by atoms with Gasteiger partial charge in [-0.05, 0) is 30.7 Å². The molecule has 0 atom stereocenters. The number of amides is 1. The number of hydrogen-bond donors (Lipinski definition) is 0.